The highest BCUT2D eigenvalue weighted by molar-refractivity contribution is 6.04. The molecule has 7 nitrogen and oxygen atoms in total. The second-order valence-corrected chi connectivity index (χ2v) is 8.01. The van der Waals surface area contributed by atoms with Gasteiger partial charge in [0.05, 0.1) is 11.6 Å². The molecule has 2 aromatic heterocycles. The summed E-state index contributed by atoms with van der Waals surface area (Å²) < 4.78 is 35.7. The molecule has 1 aliphatic carbocycles. The van der Waals surface area contributed by atoms with Crippen molar-refractivity contribution in [2.75, 3.05) is 31.1 Å². The highest BCUT2D eigenvalue weighted by Gasteiger charge is 2.30. The van der Waals surface area contributed by atoms with Crippen molar-refractivity contribution in [3.05, 3.63) is 53.5 Å². The number of nitriles is 1. The lowest BCUT2D eigenvalue weighted by Gasteiger charge is -2.36. The second kappa shape index (κ2) is 8.11. The lowest BCUT2D eigenvalue weighted by Crippen LogP contribution is -2.48. The highest BCUT2D eigenvalue weighted by atomic mass is 19.3. The summed E-state index contributed by atoms with van der Waals surface area (Å²) in [5, 5.41) is 10.0. The molecule has 1 amide bonds. The molecule has 2 fully saturated rings. The fraction of sp³-hybridized carbons (Fsp3) is 0.348. The SMILES string of the molecule is N#Cc1cc(OC(F)F)cc(N2CCN(C(=O)c3cncc4cc(C5CC5)oc34)CC2)c1. The van der Waals surface area contributed by atoms with Crippen LogP contribution in [0.3, 0.4) is 0 Å². The molecule has 1 saturated carbocycles. The van der Waals surface area contributed by atoms with Gasteiger partial charge in [0.25, 0.3) is 5.91 Å². The van der Waals surface area contributed by atoms with E-state index in [-0.39, 0.29) is 17.2 Å². The molecule has 0 spiro atoms. The predicted octanol–water partition coefficient (Wildman–Crippen LogP) is 4.14. The number of aromatic nitrogens is 1. The molecule has 0 radical (unpaired) electrons. The summed E-state index contributed by atoms with van der Waals surface area (Å²) in [6.45, 7) is -1.11. The summed E-state index contributed by atoms with van der Waals surface area (Å²) in [6, 6.07) is 8.33. The van der Waals surface area contributed by atoms with Gasteiger partial charge in [-0.05, 0) is 31.0 Å². The molecule has 0 bridgehead atoms. The number of fused-ring (bicyclic) bond motifs is 1. The molecule has 9 heteroatoms. The molecule has 0 unspecified atom stereocenters. The Morgan fingerprint density at radius 3 is 2.62 bits per heavy atom. The van der Waals surface area contributed by atoms with Crippen LogP contribution >= 0.6 is 0 Å². The molecule has 5 rings (SSSR count). The third kappa shape index (κ3) is 3.96. The average molecular weight is 438 g/mol. The van der Waals surface area contributed by atoms with Crippen LogP contribution in [0.1, 0.15) is 40.4 Å². The van der Waals surface area contributed by atoms with Gasteiger partial charge in [-0.25, -0.2) is 0 Å². The Labute approximate surface area is 182 Å². The number of piperazine rings is 1. The number of halogens is 2. The summed E-state index contributed by atoms with van der Waals surface area (Å²) in [7, 11) is 0. The van der Waals surface area contributed by atoms with E-state index in [0.29, 0.717) is 48.9 Å². The number of rotatable bonds is 5. The van der Waals surface area contributed by atoms with Gasteiger partial charge in [-0.2, -0.15) is 14.0 Å². The van der Waals surface area contributed by atoms with Gasteiger partial charge in [-0.1, -0.05) is 0 Å². The van der Waals surface area contributed by atoms with Crippen LogP contribution in [0, 0.1) is 11.3 Å². The number of alkyl halides is 2. The van der Waals surface area contributed by atoms with E-state index in [2.05, 4.69) is 9.72 Å². The maximum atomic E-state index is 13.2. The standard InChI is InChI=1S/C23H20F2N4O3/c24-23(25)31-18-8-14(11-26)7-17(10-18)28-3-5-29(6-4-28)22(30)19-13-27-12-16-9-20(15-1-2-15)32-21(16)19/h7-10,12-13,15,23H,1-6H2. The van der Waals surface area contributed by atoms with Gasteiger partial charge in [0.1, 0.15) is 22.7 Å². The van der Waals surface area contributed by atoms with E-state index < -0.39 is 6.61 Å². The van der Waals surface area contributed by atoms with Gasteiger partial charge in [0.2, 0.25) is 0 Å². The van der Waals surface area contributed by atoms with Crippen LogP contribution in [0.2, 0.25) is 0 Å². The first-order valence-corrected chi connectivity index (χ1v) is 10.4. The molecular weight excluding hydrogens is 418 g/mol. The Morgan fingerprint density at radius 1 is 1.16 bits per heavy atom. The van der Waals surface area contributed by atoms with Crippen LogP contribution in [0.5, 0.6) is 5.75 Å². The van der Waals surface area contributed by atoms with Gasteiger partial charge in [0.15, 0.2) is 0 Å². The zero-order valence-electron chi connectivity index (χ0n) is 17.1. The Bertz CT molecular complexity index is 1210. The lowest BCUT2D eigenvalue weighted by molar-refractivity contribution is -0.0498. The topological polar surface area (TPSA) is 82.6 Å². The third-order valence-corrected chi connectivity index (χ3v) is 5.83. The van der Waals surface area contributed by atoms with Crippen molar-refractivity contribution in [2.24, 2.45) is 0 Å². The van der Waals surface area contributed by atoms with E-state index in [1.165, 1.54) is 12.1 Å². The molecule has 0 N–H and O–H groups in total. The fourth-order valence-electron chi connectivity index (χ4n) is 4.04. The molecule has 3 aromatic rings. The van der Waals surface area contributed by atoms with Crippen molar-refractivity contribution < 1.29 is 22.7 Å². The lowest BCUT2D eigenvalue weighted by atomic mass is 10.1. The average Bonchev–Trinajstić information content (AvgIpc) is 3.56. The monoisotopic (exact) mass is 438 g/mol. The molecule has 3 heterocycles. The molecule has 1 aromatic carbocycles. The molecule has 0 atom stereocenters. The Balaban J connectivity index is 1.31. The van der Waals surface area contributed by atoms with Crippen molar-refractivity contribution >= 4 is 22.6 Å². The third-order valence-electron chi connectivity index (χ3n) is 5.83. The number of furan rings is 1. The number of amides is 1. The number of nitrogens with zero attached hydrogens (tertiary/aromatic N) is 4. The van der Waals surface area contributed by atoms with Crippen LogP contribution in [-0.2, 0) is 0 Å². The van der Waals surface area contributed by atoms with Crippen molar-refractivity contribution in [1.82, 2.24) is 9.88 Å². The van der Waals surface area contributed by atoms with E-state index >= 15 is 0 Å². The normalized spacial score (nSPS) is 16.4. The minimum atomic E-state index is -2.97. The molecule has 1 saturated heterocycles. The summed E-state index contributed by atoms with van der Waals surface area (Å²) in [5.74, 6) is 1.14. The van der Waals surface area contributed by atoms with Crippen LogP contribution < -0.4 is 9.64 Å². The van der Waals surface area contributed by atoms with Crippen molar-refractivity contribution in [3.8, 4) is 11.8 Å². The van der Waals surface area contributed by atoms with Crippen molar-refractivity contribution in [1.29, 1.82) is 5.26 Å². The first-order valence-electron chi connectivity index (χ1n) is 10.4. The summed E-state index contributed by atoms with van der Waals surface area (Å²) in [6.07, 6.45) is 5.47. The van der Waals surface area contributed by atoms with E-state index in [1.807, 2.05) is 17.0 Å². The first-order chi connectivity index (χ1) is 15.5. The minimum absolute atomic E-state index is 0.0606. The van der Waals surface area contributed by atoms with E-state index in [4.69, 9.17) is 4.42 Å². The Kier molecular flexibility index (Phi) is 5.13. The maximum Gasteiger partial charge on any atom is 0.387 e. The molecule has 2 aliphatic rings. The Hall–Kier alpha value is -3.67. The van der Waals surface area contributed by atoms with Gasteiger partial charge in [-0.3, -0.25) is 9.78 Å². The number of benzene rings is 1. The molecule has 164 valence electrons. The summed E-state index contributed by atoms with van der Waals surface area (Å²) in [4.78, 5) is 21.1. The Morgan fingerprint density at radius 2 is 1.94 bits per heavy atom. The smallest absolute Gasteiger partial charge is 0.387 e. The van der Waals surface area contributed by atoms with Crippen LogP contribution in [-0.4, -0.2) is 48.6 Å². The highest BCUT2D eigenvalue weighted by Crippen LogP contribution is 2.42. The first kappa shape index (κ1) is 20.2. The number of carbonyl (C=O) groups is 1. The molecule has 1 aliphatic heterocycles. The zero-order valence-corrected chi connectivity index (χ0v) is 17.1. The van der Waals surface area contributed by atoms with Gasteiger partial charge in [0, 0.05) is 61.6 Å². The largest absolute Gasteiger partial charge is 0.460 e. The van der Waals surface area contributed by atoms with Crippen molar-refractivity contribution in [2.45, 2.75) is 25.4 Å². The number of pyridine rings is 1. The van der Waals surface area contributed by atoms with Crippen LogP contribution in [0.4, 0.5) is 14.5 Å². The van der Waals surface area contributed by atoms with E-state index in [1.54, 1.807) is 23.4 Å². The number of hydrogen-bond acceptors (Lipinski definition) is 6. The minimum Gasteiger partial charge on any atom is -0.460 e. The van der Waals surface area contributed by atoms with Crippen LogP contribution in [0.25, 0.3) is 11.0 Å². The molecular formula is C23H20F2N4O3. The summed E-state index contributed by atoms with van der Waals surface area (Å²) in [5.41, 5.74) is 1.86. The van der Waals surface area contributed by atoms with Crippen LogP contribution in [0.15, 0.2) is 41.1 Å². The zero-order chi connectivity index (χ0) is 22.2. The maximum absolute atomic E-state index is 13.2. The quantitative estimate of drug-likeness (QED) is 0.596. The number of anilines is 1. The van der Waals surface area contributed by atoms with Gasteiger partial charge >= 0.3 is 6.61 Å². The predicted molar refractivity (Wildman–Crippen MR) is 112 cm³/mol. The summed E-state index contributed by atoms with van der Waals surface area (Å²) >= 11 is 0. The van der Waals surface area contributed by atoms with E-state index in [0.717, 1.165) is 24.0 Å². The number of carbonyl (C=O) groups excluding carboxylic acids is 1. The van der Waals surface area contributed by atoms with E-state index in [9.17, 15) is 18.8 Å². The number of hydrogen-bond donors (Lipinski definition) is 0. The molecule has 32 heavy (non-hydrogen) atoms. The second-order valence-electron chi connectivity index (χ2n) is 8.01. The fourth-order valence-corrected chi connectivity index (χ4v) is 4.04. The van der Waals surface area contributed by atoms with Crippen molar-refractivity contribution in [3.63, 3.8) is 0 Å². The number of ether oxygens (including phenoxy) is 1. The van der Waals surface area contributed by atoms with Gasteiger partial charge in [-0.15, -0.1) is 0 Å². The van der Waals surface area contributed by atoms with Gasteiger partial charge < -0.3 is 19.0 Å².